The Labute approximate surface area is 142 Å². The number of rotatable bonds is 3. The van der Waals surface area contributed by atoms with E-state index in [2.05, 4.69) is 11.8 Å². The Bertz CT molecular complexity index is 728. The number of likely N-dealkylation sites (tertiary alicyclic amines) is 1. The molecule has 2 nitrogen and oxygen atoms in total. The van der Waals surface area contributed by atoms with Crippen LogP contribution in [0, 0.1) is 17.7 Å². The highest BCUT2D eigenvalue weighted by Gasteiger charge is 2.29. The number of hydrogen-bond donors (Lipinski definition) is 2. The summed E-state index contributed by atoms with van der Waals surface area (Å²) in [7, 11) is 0. The number of aliphatic hydroxyl groups is 1. The predicted molar refractivity (Wildman–Crippen MR) is 93.0 cm³/mol. The molecule has 0 radical (unpaired) electrons. The number of halogens is 1. The first-order chi connectivity index (χ1) is 11.7. The van der Waals surface area contributed by atoms with E-state index in [4.69, 9.17) is 0 Å². The molecule has 0 aromatic heterocycles. The van der Waals surface area contributed by atoms with Crippen molar-refractivity contribution in [2.24, 2.45) is 0 Å². The molecule has 124 valence electrons. The summed E-state index contributed by atoms with van der Waals surface area (Å²) >= 11 is 0. The molecule has 0 bridgehead atoms. The Hall–Kier alpha value is -2.15. The molecule has 0 saturated carbocycles. The molecule has 2 aromatic carbocycles. The zero-order valence-electron chi connectivity index (χ0n) is 13.8. The highest BCUT2D eigenvalue weighted by atomic mass is 19.1. The summed E-state index contributed by atoms with van der Waals surface area (Å²) in [6.07, 6.45) is 3.78. The van der Waals surface area contributed by atoms with Crippen molar-refractivity contribution in [1.29, 1.82) is 0 Å². The molecular weight excluding hydrogens is 301 g/mol. The molecular formula is C21H23FNO+. The van der Waals surface area contributed by atoms with Gasteiger partial charge in [-0.3, -0.25) is 0 Å². The van der Waals surface area contributed by atoms with E-state index in [9.17, 15) is 9.50 Å². The number of hydrogen-bond acceptors (Lipinski definition) is 1. The van der Waals surface area contributed by atoms with Crippen molar-refractivity contribution in [2.45, 2.75) is 24.9 Å². The van der Waals surface area contributed by atoms with Gasteiger partial charge in [0.2, 0.25) is 0 Å². The van der Waals surface area contributed by atoms with Gasteiger partial charge in [-0.05, 0) is 37.3 Å². The van der Waals surface area contributed by atoms with Crippen molar-refractivity contribution in [3.8, 4) is 11.8 Å². The number of piperidine rings is 1. The van der Waals surface area contributed by atoms with Gasteiger partial charge < -0.3 is 10.0 Å². The Morgan fingerprint density at radius 2 is 1.67 bits per heavy atom. The van der Waals surface area contributed by atoms with E-state index in [0.717, 1.165) is 13.1 Å². The van der Waals surface area contributed by atoms with Crippen molar-refractivity contribution in [3.63, 3.8) is 0 Å². The average molecular weight is 324 g/mol. The van der Waals surface area contributed by atoms with Gasteiger partial charge in [0.05, 0.1) is 13.1 Å². The van der Waals surface area contributed by atoms with Gasteiger partial charge in [0, 0.05) is 11.1 Å². The average Bonchev–Trinajstić information content (AvgIpc) is 2.63. The summed E-state index contributed by atoms with van der Waals surface area (Å²) in [4.78, 5) is 1.46. The summed E-state index contributed by atoms with van der Waals surface area (Å²) in [6.45, 7) is 2.99. The number of nitrogens with one attached hydrogen (secondary N) is 1. The second-order valence-electron chi connectivity index (χ2n) is 6.38. The van der Waals surface area contributed by atoms with Crippen LogP contribution in [0.2, 0.25) is 0 Å². The van der Waals surface area contributed by atoms with E-state index in [0.29, 0.717) is 17.7 Å². The lowest BCUT2D eigenvalue weighted by Crippen LogP contribution is -3.12. The van der Waals surface area contributed by atoms with E-state index in [1.165, 1.54) is 36.3 Å². The minimum absolute atomic E-state index is 0.370. The molecule has 3 heteroatoms. The molecule has 1 atom stereocenters. The van der Waals surface area contributed by atoms with Gasteiger partial charge in [-0.1, -0.05) is 48.4 Å². The maximum atomic E-state index is 13.7. The number of benzene rings is 2. The minimum atomic E-state index is -1.49. The second kappa shape index (κ2) is 7.61. The van der Waals surface area contributed by atoms with E-state index >= 15 is 0 Å². The fraction of sp³-hybridized carbons (Fsp3) is 0.333. The molecule has 24 heavy (non-hydrogen) atoms. The van der Waals surface area contributed by atoms with Crippen molar-refractivity contribution >= 4 is 0 Å². The van der Waals surface area contributed by atoms with Crippen LogP contribution in [0.1, 0.15) is 30.4 Å². The topological polar surface area (TPSA) is 24.7 Å². The summed E-state index contributed by atoms with van der Waals surface area (Å²) in [5.74, 6) is 5.80. The molecule has 1 heterocycles. The summed E-state index contributed by atoms with van der Waals surface area (Å²) < 4.78 is 13.7. The van der Waals surface area contributed by atoms with Gasteiger partial charge in [-0.15, -0.1) is 0 Å². The second-order valence-corrected chi connectivity index (χ2v) is 6.38. The Kier molecular flexibility index (Phi) is 5.30. The molecule has 2 aromatic rings. The monoisotopic (exact) mass is 324 g/mol. The van der Waals surface area contributed by atoms with Crippen LogP contribution in [-0.2, 0) is 5.60 Å². The van der Waals surface area contributed by atoms with Crippen molar-refractivity contribution in [2.75, 3.05) is 19.6 Å². The molecule has 2 N–H and O–H groups in total. The van der Waals surface area contributed by atoms with Crippen molar-refractivity contribution < 1.29 is 14.4 Å². The van der Waals surface area contributed by atoms with Crippen LogP contribution in [0.4, 0.5) is 4.39 Å². The minimum Gasteiger partial charge on any atom is -0.369 e. The molecule has 0 unspecified atom stereocenters. The molecule has 1 saturated heterocycles. The summed E-state index contributed by atoms with van der Waals surface area (Å²) in [5, 5.41) is 11.3. The third kappa shape index (κ3) is 3.84. The highest BCUT2D eigenvalue weighted by Crippen LogP contribution is 2.29. The first-order valence-electron chi connectivity index (χ1n) is 8.56. The van der Waals surface area contributed by atoms with Crippen LogP contribution >= 0.6 is 0 Å². The van der Waals surface area contributed by atoms with Crippen molar-refractivity contribution in [3.05, 3.63) is 71.5 Å². The maximum absolute atomic E-state index is 13.7. The Balaban J connectivity index is 1.91. The first-order valence-corrected chi connectivity index (χ1v) is 8.56. The summed E-state index contributed by atoms with van der Waals surface area (Å²) in [5.41, 5.74) is -0.356. The number of quaternary nitrogens is 1. The van der Waals surface area contributed by atoms with Crippen LogP contribution in [0.3, 0.4) is 0 Å². The standard InChI is InChI=1S/C21H22FNO/c22-20-12-7-11-19(17-20)21(24,18-9-3-1-4-10-18)13-8-16-23-14-5-2-6-15-23/h1,3-4,7,9-12,17,24H,2,5-6,14-16H2/p+1/t21-/m0/s1. The lowest BCUT2D eigenvalue weighted by atomic mass is 9.87. The smallest absolute Gasteiger partial charge is 0.177 e. The maximum Gasteiger partial charge on any atom is 0.177 e. The van der Waals surface area contributed by atoms with E-state index < -0.39 is 5.60 Å². The van der Waals surface area contributed by atoms with Crippen molar-refractivity contribution in [1.82, 2.24) is 0 Å². The fourth-order valence-corrected chi connectivity index (χ4v) is 3.23. The molecule has 1 aliphatic rings. The van der Waals surface area contributed by atoms with Crippen LogP contribution in [0.15, 0.2) is 54.6 Å². The van der Waals surface area contributed by atoms with Gasteiger partial charge >= 0.3 is 0 Å². The van der Waals surface area contributed by atoms with Gasteiger partial charge in [0.15, 0.2) is 5.60 Å². The van der Waals surface area contributed by atoms with E-state index in [-0.39, 0.29) is 5.82 Å². The lowest BCUT2D eigenvalue weighted by molar-refractivity contribution is -0.897. The lowest BCUT2D eigenvalue weighted by Gasteiger charge is -2.24. The molecule has 1 aliphatic heterocycles. The quantitative estimate of drug-likeness (QED) is 0.831. The third-order valence-corrected chi connectivity index (χ3v) is 4.60. The molecule has 1 fully saturated rings. The summed E-state index contributed by atoms with van der Waals surface area (Å²) in [6, 6.07) is 15.3. The normalized spacial score (nSPS) is 17.6. The van der Waals surface area contributed by atoms with Gasteiger partial charge in [-0.2, -0.15) is 0 Å². The van der Waals surface area contributed by atoms with Crippen LogP contribution < -0.4 is 4.90 Å². The molecule has 0 aliphatic carbocycles. The van der Waals surface area contributed by atoms with E-state index in [1.54, 1.807) is 12.1 Å². The Morgan fingerprint density at radius 1 is 0.958 bits per heavy atom. The fourth-order valence-electron chi connectivity index (χ4n) is 3.23. The van der Waals surface area contributed by atoms with Crippen LogP contribution in [0.25, 0.3) is 0 Å². The largest absolute Gasteiger partial charge is 0.369 e. The first kappa shape index (κ1) is 16.7. The molecule has 0 spiro atoms. The van der Waals surface area contributed by atoms with Gasteiger partial charge in [0.25, 0.3) is 0 Å². The molecule has 0 amide bonds. The highest BCUT2D eigenvalue weighted by molar-refractivity contribution is 5.44. The van der Waals surface area contributed by atoms with Gasteiger partial charge in [0.1, 0.15) is 12.4 Å². The zero-order valence-corrected chi connectivity index (χ0v) is 13.8. The SMILES string of the molecule is O[C@@](C#CC[NH+]1CCCCC1)(c1ccccc1)c1cccc(F)c1. The van der Waals surface area contributed by atoms with E-state index in [1.807, 2.05) is 30.3 Å². The molecule has 3 rings (SSSR count). The third-order valence-electron chi connectivity index (χ3n) is 4.60. The zero-order chi connectivity index (χ0) is 16.8. The Morgan fingerprint density at radius 3 is 2.38 bits per heavy atom. The predicted octanol–water partition coefficient (Wildman–Crippen LogP) is 2.13. The van der Waals surface area contributed by atoms with Crippen LogP contribution in [-0.4, -0.2) is 24.7 Å². The van der Waals surface area contributed by atoms with Crippen LogP contribution in [0.5, 0.6) is 0 Å². The van der Waals surface area contributed by atoms with Gasteiger partial charge in [-0.25, -0.2) is 4.39 Å².